The van der Waals surface area contributed by atoms with Crippen molar-refractivity contribution in [2.75, 3.05) is 13.7 Å². The Morgan fingerprint density at radius 3 is 2.34 bits per heavy atom. The third kappa shape index (κ3) is 7.78. The molecule has 3 aromatic carbocycles. The molecule has 1 unspecified atom stereocenters. The zero-order chi connectivity index (χ0) is 31.6. The van der Waals surface area contributed by atoms with Crippen LogP contribution in [0.1, 0.15) is 43.6 Å². The summed E-state index contributed by atoms with van der Waals surface area (Å²) in [6, 6.07) is 21.6. The fraction of sp³-hybridized carbons (Fsp3) is 0.281. The highest BCUT2D eigenvalue weighted by Crippen LogP contribution is 2.31. The van der Waals surface area contributed by atoms with Gasteiger partial charge >= 0.3 is 11.9 Å². The standard InChI is InChI=1S/C25H20N4O4.C7H14O4/c1-2-32-24-26-21-9-5-6-18(15-30)22(21)29(24)14-16-10-12-17(13-11-16)19-7-3-4-8-20(19)23-27-25(31)33-28-23;1-5(2)10-7(8)11-6(3)9-4/h3-13,15H,2,14H2,1H3,(H,27,28,31);5-6H,1-4H3. The molecule has 5 rings (SSSR count). The average Bonchev–Trinajstić information content (AvgIpc) is 3.60. The van der Waals surface area contributed by atoms with Crippen molar-refractivity contribution < 1.29 is 33.1 Å². The fourth-order valence-electron chi connectivity index (χ4n) is 4.34. The van der Waals surface area contributed by atoms with Gasteiger partial charge in [-0.3, -0.25) is 18.9 Å². The van der Waals surface area contributed by atoms with Gasteiger partial charge in [0, 0.05) is 18.2 Å². The molecule has 12 heteroatoms. The predicted octanol–water partition coefficient (Wildman–Crippen LogP) is 5.85. The van der Waals surface area contributed by atoms with E-state index in [0.717, 1.165) is 39.6 Å². The van der Waals surface area contributed by atoms with Crippen LogP contribution in [0.3, 0.4) is 0 Å². The Balaban J connectivity index is 0.000000345. The molecule has 12 nitrogen and oxygen atoms in total. The second kappa shape index (κ2) is 14.8. The molecule has 0 bridgehead atoms. The number of H-pyrrole nitrogens is 1. The van der Waals surface area contributed by atoms with E-state index in [1.807, 2.05) is 72.2 Å². The van der Waals surface area contributed by atoms with E-state index in [2.05, 4.69) is 33.9 Å². The van der Waals surface area contributed by atoms with Crippen LogP contribution >= 0.6 is 0 Å². The van der Waals surface area contributed by atoms with Crippen LogP contribution in [-0.2, 0) is 20.8 Å². The summed E-state index contributed by atoms with van der Waals surface area (Å²) in [7, 11) is 1.45. The highest BCUT2D eigenvalue weighted by molar-refractivity contribution is 5.95. The summed E-state index contributed by atoms with van der Waals surface area (Å²) in [6.07, 6.45) is -0.577. The normalized spacial score (nSPS) is 11.5. The van der Waals surface area contributed by atoms with Gasteiger partial charge in [-0.2, -0.15) is 4.98 Å². The number of methoxy groups -OCH3 is 1. The lowest BCUT2D eigenvalue weighted by molar-refractivity contribution is -0.0963. The lowest BCUT2D eigenvalue weighted by Gasteiger charge is -2.12. The van der Waals surface area contributed by atoms with Crippen LogP contribution in [0.5, 0.6) is 6.01 Å². The molecule has 2 heterocycles. The minimum Gasteiger partial charge on any atom is -0.465 e. The molecule has 1 atom stereocenters. The highest BCUT2D eigenvalue weighted by atomic mass is 16.8. The van der Waals surface area contributed by atoms with Gasteiger partial charge in [0.05, 0.1) is 30.3 Å². The number of ether oxygens (including phenoxy) is 4. The summed E-state index contributed by atoms with van der Waals surface area (Å²) in [5, 5.41) is 3.82. The number of aromatic nitrogens is 4. The van der Waals surface area contributed by atoms with Crippen molar-refractivity contribution >= 4 is 23.5 Å². The number of aldehydes is 1. The summed E-state index contributed by atoms with van der Waals surface area (Å²) in [4.78, 5) is 40.9. The molecular weight excluding hydrogens is 568 g/mol. The third-order valence-electron chi connectivity index (χ3n) is 6.32. The van der Waals surface area contributed by atoms with Crippen LogP contribution in [-0.4, -0.2) is 58.2 Å². The zero-order valence-corrected chi connectivity index (χ0v) is 25.1. The Hall–Kier alpha value is -5.23. The minimum atomic E-state index is -0.700. The molecule has 0 fully saturated rings. The Kier molecular flexibility index (Phi) is 10.7. The number of para-hydroxylation sites is 1. The van der Waals surface area contributed by atoms with Gasteiger partial charge in [0.2, 0.25) is 6.29 Å². The number of hydrogen-bond donors (Lipinski definition) is 1. The second-order valence-electron chi connectivity index (χ2n) is 9.77. The molecule has 0 aliphatic heterocycles. The molecule has 5 aromatic rings. The number of nitrogens with zero attached hydrogens (tertiary/aromatic N) is 3. The van der Waals surface area contributed by atoms with Gasteiger partial charge in [0.25, 0.3) is 6.01 Å². The first-order valence-electron chi connectivity index (χ1n) is 14.0. The van der Waals surface area contributed by atoms with Gasteiger partial charge in [-0.25, -0.2) is 9.59 Å². The molecule has 0 saturated carbocycles. The number of aromatic amines is 1. The minimum absolute atomic E-state index is 0.161. The van der Waals surface area contributed by atoms with Gasteiger partial charge < -0.3 is 18.9 Å². The summed E-state index contributed by atoms with van der Waals surface area (Å²) in [6.45, 7) is 7.98. The molecule has 0 radical (unpaired) electrons. The molecule has 0 aliphatic rings. The average molecular weight is 603 g/mol. The van der Waals surface area contributed by atoms with Crippen LogP contribution in [0.4, 0.5) is 4.79 Å². The fourth-order valence-corrected chi connectivity index (χ4v) is 4.34. The van der Waals surface area contributed by atoms with Crippen LogP contribution in [0.2, 0.25) is 0 Å². The largest absolute Gasteiger partial charge is 0.510 e. The van der Waals surface area contributed by atoms with Crippen molar-refractivity contribution in [3.63, 3.8) is 0 Å². The van der Waals surface area contributed by atoms with E-state index in [1.165, 1.54) is 7.11 Å². The van der Waals surface area contributed by atoms with Gasteiger partial charge in [0.15, 0.2) is 12.1 Å². The Labute approximate surface area is 253 Å². The topological polar surface area (TPSA) is 148 Å². The number of imidazole rings is 1. The van der Waals surface area contributed by atoms with Crippen molar-refractivity contribution in [2.24, 2.45) is 0 Å². The van der Waals surface area contributed by atoms with E-state index >= 15 is 0 Å². The number of benzene rings is 3. The number of hydrogen-bond acceptors (Lipinski definition) is 10. The molecule has 1 N–H and O–H groups in total. The predicted molar refractivity (Wildman–Crippen MR) is 163 cm³/mol. The van der Waals surface area contributed by atoms with E-state index in [9.17, 15) is 14.4 Å². The van der Waals surface area contributed by atoms with Crippen LogP contribution in [0.15, 0.2) is 76.0 Å². The molecule has 0 amide bonds. The number of nitrogens with one attached hydrogen (secondary N) is 1. The lowest BCUT2D eigenvalue weighted by Crippen LogP contribution is -2.20. The monoisotopic (exact) mass is 602 g/mol. The second-order valence-corrected chi connectivity index (χ2v) is 9.77. The maximum Gasteiger partial charge on any atom is 0.510 e. The number of fused-ring (bicyclic) bond motifs is 1. The van der Waals surface area contributed by atoms with Gasteiger partial charge in [0.1, 0.15) is 0 Å². The van der Waals surface area contributed by atoms with Gasteiger partial charge in [-0.15, -0.1) is 0 Å². The molecule has 230 valence electrons. The van der Waals surface area contributed by atoms with E-state index in [0.29, 0.717) is 30.5 Å². The van der Waals surface area contributed by atoms with Crippen molar-refractivity contribution in [2.45, 2.75) is 46.6 Å². The molecular formula is C32H34N4O8. The van der Waals surface area contributed by atoms with Crippen molar-refractivity contribution in [3.05, 3.63) is 88.4 Å². The molecule has 0 spiro atoms. The Bertz CT molecular complexity index is 1750. The van der Waals surface area contributed by atoms with Crippen molar-refractivity contribution in [1.29, 1.82) is 0 Å². The maximum absolute atomic E-state index is 11.6. The molecule has 44 heavy (non-hydrogen) atoms. The van der Waals surface area contributed by atoms with Gasteiger partial charge in [-0.1, -0.05) is 59.8 Å². The number of carbonyl (C=O) groups excluding carboxylic acids is 2. The summed E-state index contributed by atoms with van der Waals surface area (Å²) in [5.74, 6) is -0.213. The first kappa shape index (κ1) is 31.7. The maximum atomic E-state index is 11.6. The molecule has 0 saturated heterocycles. The van der Waals surface area contributed by atoms with Crippen LogP contribution in [0, 0.1) is 0 Å². The third-order valence-corrected chi connectivity index (χ3v) is 6.32. The first-order chi connectivity index (χ1) is 21.2. The quantitative estimate of drug-likeness (QED) is 0.117. The van der Waals surface area contributed by atoms with Crippen LogP contribution < -0.4 is 10.5 Å². The molecule has 0 aliphatic carbocycles. The van der Waals surface area contributed by atoms with E-state index < -0.39 is 18.2 Å². The Morgan fingerprint density at radius 1 is 1.00 bits per heavy atom. The summed E-state index contributed by atoms with van der Waals surface area (Å²) in [5.41, 5.74) is 5.71. The van der Waals surface area contributed by atoms with E-state index in [4.69, 9.17) is 4.74 Å². The zero-order valence-electron chi connectivity index (χ0n) is 25.1. The van der Waals surface area contributed by atoms with Gasteiger partial charge in [-0.05, 0) is 56.5 Å². The lowest BCUT2D eigenvalue weighted by atomic mass is 9.98. The summed E-state index contributed by atoms with van der Waals surface area (Å²) < 4.78 is 26.3. The summed E-state index contributed by atoms with van der Waals surface area (Å²) >= 11 is 0. The molecule has 2 aromatic heterocycles. The smallest absolute Gasteiger partial charge is 0.465 e. The van der Waals surface area contributed by atoms with Crippen molar-refractivity contribution in [1.82, 2.24) is 19.7 Å². The van der Waals surface area contributed by atoms with Crippen LogP contribution in [0.25, 0.3) is 33.5 Å². The number of rotatable bonds is 10. The van der Waals surface area contributed by atoms with Crippen molar-refractivity contribution in [3.8, 4) is 28.5 Å². The van der Waals surface area contributed by atoms with E-state index in [1.54, 1.807) is 26.8 Å². The number of carbonyl (C=O) groups is 2. The SMILES string of the molecule is CCOc1nc2cccc(C=O)c2n1Cc1ccc(-c2ccccc2-c2noc(=O)[nH]2)cc1.COC(C)OC(=O)OC(C)C. The first-order valence-corrected chi connectivity index (χ1v) is 14.0. The van der Waals surface area contributed by atoms with E-state index in [-0.39, 0.29) is 6.10 Å². The Morgan fingerprint density at radius 2 is 1.73 bits per heavy atom. The highest BCUT2D eigenvalue weighted by Gasteiger charge is 2.16.